The Kier molecular flexibility index (Phi) is 8.27. The van der Waals surface area contributed by atoms with Crippen LogP contribution in [0.25, 0.3) is 33.5 Å². The molecule has 0 aliphatic heterocycles. The number of hydrogen-bond donors (Lipinski definition) is 1. The first-order valence-electron chi connectivity index (χ1n) is 13.1. The van der Waals surface area contributed by atoms with Crippen LogP contribution in [0, 0.1) is 5.82 Å². The summed E-state index contributed by atoms with van der Waals surface area (Å²) in [5.41, 5.74) is 1.76. The summed E-state index contributed by atoms with van der Waals surface area (Å²) in [6.45, 7) is -0.316. The lowest BCUT2D eigenvalue weighted by atomic mass is 10.2. The standard InChI is InChI=1S/C32H21Br2FN4O5/c1-42-27-14-19(24(34)15-28(27)43-17-30(40)37-22-9-7-21(35)8-10-22)16-36-39-31(38-25-5-3-2-4-23(25)32(39)41)29-13-18-12-20(33)6-11-26(18)44-29/h2-16H,17H2,1H3,(H,37,40). The highest BCUT2D eigenvalue weighted by atomic mass is 79.9. The van der Waals surface area contributed by atoms with Crippen molar-refractivity contribution in [3.8, 4) is 23.1 Å². The molecule has 0 unspecified atom stereocenters. The number of carbonyl (C=O) groups is 1. The summed E-state index contributed by atoms with van der Waals surface area (Å²) in [6.07, 6.45) is 1.48. The molecule has 44 heavy (non-hydrogen) atoms. The van der Waals surface area contributed by atoms with Gasteiger partial charge in [0.1, 0.15) is 11.4 Å². The lowest BCUT2D eigenvalue weighted by molar-refractivity contribution is -0.118. The number of benzene rings is 4. The third-order valence-corrected chi connectivity index (χ3v) is 7.71. The first kappa shape index (κ1) is 29.3. The Morgan fingerprint density at radius 3 is 2.64 bits per heavy atom. The van der Waals surface area contributed by atoms with E-state index < -0.39 is 11.7 Å². The van der Waals surface area contributed by atoms with Crippen LogP contribution in [0.2, 0.25) is 0 Å². The number of ether oxygens (including phenoxy) is 2. The van der Waals surface area contributed by atoms with Gasteiger partial charge >= 0.3 is 0 Å². The summed E-state index contributed by atoms with van der Waals surface area (Å²) in [4.78, 5) is 30.7. The molecule has 2 heterocycles. The zero-order valence-corrected chi connectivity index (χ0v) is 26.1. The quantitative estimate of drug-likeness (QED) is 0.165. The minimum atomic E-state index is -0.436. The van der Waals surface area contributed by atoms with E-state index in [2.05, 4.69) is 42.3 Å². The monoisotopic (exact) mass is 718 g/mol. The normalized spacial score (nSPS) is 11.4. The third-order valence-electron chi connectivity index (χ3n) is 6.53. The van der Waals surface area contributed by atoms with Gasteiger partial charge in [-0.15, -0.1) is 0 Å². The van der Waals surface area contributed by atoms with Gasteiger partial charge in [0.25, 0.3) is 11.5 Å². The fourth-order valence-electron chi connectivity index (χ4n) is 4.43. The van der Waals surface area contributed by atoms with E-state index in [4.69, 9.17) is 18.9 Å². The lowest BCUT2D eigenvalue weighted by Crippen LogP contribution is -2.20. The van der Waals surface area contributed by atoms with Crippen molar-refractivity contribution in [2.45, 2.75) is 0 Å². The van der Waals surface area contributed by atoms with Crippen molar-refractivity contribution < 1.29 is 23.1 Å². The number of nitrogens with one attached hydrogen (secondary N) is 1. The topological polar surface area (TPSA) is 108 Å². The van der Waals surface area contributed by atoms with Crippen LogP contribution in [0.3, 0.4) is 0 Å². The van der Waals surface area contributed by atoms with Gasteiger partial charge in [-0.05, 0) is 88.7 Å². The maximum Gasteiger partial charge on any atom is 0.282 e. The lowest BCUT2D eigenvalue weighted by Gasteiger charge is -2.13. The molecule has 0 aliphatic carbocycles. The van der Waals surface area contributed by atoms with Crippen molar-refractivity contribution >= 4 is 71.5 Å². The fourth-order valence-corrected chi connectivity index (χ4v) is 5.23. The minimum Gasteiger partial charge on any atom is -0.493 e. The molecule has 0 atom stereocenters. The van der Waals surface area contributed by atoms with Crippen molar-refractivity contribution in [3.63, 3.8) is 0 Å². The average molecular weight is 720 g/mol. The van der Waals surface area contributed by atoms with Crippen molar-refractivity contribution in [3.05, 3.63) is 116 Å². The van der Waals surface area contributed by atoms with Crippen LogP contribution in [-0.4, -0.2) is 35.5 Å². The molecule has 0 aliphatic rings. The van der Waals surface area contributed by atoms with Gasteiger partial charge in [-0.2, -0.15) is 9.78 Å². The number of methoxy groups -OCH3 is 1. The molecule has 1 N–H and O–H groups in total. The smallest absolute Gasteiger partial charge is 0.282 e. The molecule has 2 aromatic heterocycles. The fraction of sp³-hybridized carbons (Fsp3) is 0.0625. The molecule has 6 rings (SSSR count). The molecule has 0 bridgehead atoms. The van der Waals surface area contributed by atoms with Crippen LogP contribution in [0.4, 0.5) is 10.1 Å². The second kappa shape index (κ2) is 12.4. The molecule has 0 spiro atoms. The van der Waals surface area contributed by atoms with Crippen molar-refractivity contribution in [2.75, 3.05) is 19.0 Å². The number of amides is 1. The van der Waals surface area contributed by atoms with E-state index in [1.165, 1.54) is 42.3 Å². The molecule has 0 fully saturated rings. The number of nitrogens with zero attached hydrogens (tertiary/aromatic N) is 3. The minimum absolute atomic E-state index is 0.229. The van der Waals surface area contributed by atoms with Gasteiger partial charge in [0.15, 0.2) is 23.9 Å². The Hall–Kier alpha value is -4.81. The molecule has 4 aromatic carbocycles. The Bertz CT molecular complexity index is 2130. The van der Waals surface area contributed by atoms with Gasteiger partial charge in [-0.25, -0.2) is 9.37 Å². The molecule has 0 saturated heterocycles. The molecular weight excluding hydrogens is 699 g/mol. The Morgan fingerprint density at radius 2 is 1.84 bits per heavy atom. The summed E-state index contributed by atoms with van der Waals surface area (Å²) < 4.78 is 33.0. The summed E-state index contributed by atoms with van der Waals surface area (Å²) in [6, 6.07) is 23.1. The van der Waals surface area contributed by atoms with Crippen molar-refractivity contribution in [1.29, 1.82) is 0 Å². The molecule has 6 aromatic rings. The number of anilines is 1. The van der Waals surface area contributed by atoms with Crippen molar-refractivity contribution in [2.24, 2.45) is 5.10 Å². The molecule has 220 valence electrons. The summed E-state index contributed by atoms with van der Waals surface area (Å²) in [5.74, 6) is 0.387. The number of fused-ring (bicyclic) bond motifs is 2. The van der Waals surface area contributed by atoms with Crippen LogP contribution in [0.1, 0.15) is 5.56 Å². The van der Waals surface area contributed by atoms with Crippen LogP contribution < -0.4 is 20.3 Å². The second-order valence-electron chi connectivity index (χ2n) is 9.48. The number of rotatable bonds is 8. The van der Waals surface area contributed by atoms with Gasteiger partial charge in [0, 0.05) is 25.6 Å². The van der Waals surface area contributed by atoms with E-state index in [9.17, 15) is 14.0 Å². The van der Waals surface area contributed by atoms with Gasteiger partial charge in [0.05, 0.1) is 24.2 Å². The summed E-state index contributed by atoms with van der Waals surface area (Å²) in [7, 11) is 1.46. The maximum atomic E-state index is 13.6. The van der Waals surface area contributed by atoms with Crippen LogP contribution in [0.5, 0.6) is 11.5 Å². The summed E-state index contributed by atoms with van der Waals surface area (Å²) in [5, 5.41) is 8.38. The number of hydrogen-bond acceptors (Lipinski definition) is 7. The van der Waals surface area contributed by atoms with Gasteiger partial charge in [-0.1, -0.05) is 28.1 Å². The molecule has 1 amide bonds. The average Bonchev–Trinajstić information content (AvgIpc) is 3.44. The second-order valence-corrected chi connectivity index (χ2v) is 11.2. The highest BCUT2D eigenvalue weighted by Crippen LogP contribution is 2.33. The van der Waals surface area contributed by atoms with Crippen molar-refractivity contribution in [1.82, 2.24) is 9.66 Å². The molecular formula is C32H21Br2FN4O5. The largest absolute Gasteiger partial charge is 0.493 e. The summed E-state index contributed by atoms with van der Waals surface area (Å²) >= 11 is 6.99. The van der Waals surface area contributed by atoms with Crippen LogP contribution in [0.15, 0.2) is 108 Å². The predicted molar refractivity (Wildman–Crippen MR) is 173 cm³/mol. The number of aromatic nitrogens is 2. The Balaban J connectivity index is 1.31. The zero-order valence-electron chi connectivity index (χ0n) is 22.9. The third kappa shape index (κ3) is 6.12. The number of halogens is 3. The molecule has 12 heteroatoms. The number of para-hydroxylation sites is 1. The highest BCUT2D eigenvalue weighted by molar-refractivity contribution is 9.10. The van der Waals surface area contributed by atoms with Gasteiger partial charge in [-0.3, -0.25) is 9.59 Å². The Labute approximate surface area is 266 Å². The molecule has 9 nitrogen and oxygen atoms in total. The van der Waals surface area contributed by atoms with E-state index in [0.29, 0.717) is 49.5 Å². The maximum absolute atomic E-state index is 13.6. The predicted octanol–water partition coefficient (Wildman–Crippen LogP) is 7.38. The van der Waals surface area contributed by atoms with Gasteiger partial charge in [0.2, 0.25) is 5.82 Å². The zero-order chi connectivity index (χ0) is 30.8. The SMILES string of the molecule is COc1cc(C=Nn2c(-c3cc4cc(Br)ccc4o3)nc3ccccc3c2=O)c(Br)cc1OCC(=O)Nc1ccc(F)cc1. The van der Waals surface area contributed by atoms with E-state index in [0.717, 1.165) is 9.86 Å². The molecule has 0 saturated carbocycles. The molecule has 0 radical (unpaired) electrons. The van der Waals surface area contributed by atoms with E-state index >= 15 is 0 Å². The van der Waals surface area contributed by atoms with Crippen LogP contribution >= 0.6 is 31.9 Å². The first-order chi connectivity index (χ1) is 21.3. The van der Waals surface area contributed by atoms with Crippen LogP contribution in [-0.2, 0) is 4.79 Å². The number of furan rings is 1. The first-order valence-corrected chi connectivity index (χ1v) is 14.7. The van der Waals surface area contributed by atoms with E-state index in [-0.39, 0.29) is 18.0 Å². The Morgan fingerprint density at radius 1 is 1.05 bits per heavy atom. The van der Waals surface area contributed by atoms with Gasteiger partial charge < -0.3 is 19.2 Å². The number of carbonyl (C=O) groups excluding carboxylic acids is 1. The van der Waals surface area contributed by atoms with E-state index in [1.807, 2.05) is 18.2 Å². The highest BCUT2D eigenvalue weighted by Gasteiger charge is 2.17. The van der Waals surface area contributed by atoms with E-state index in [1.54, 1.807) is 42.5 Å².